The number of rotatable bonds is 2. The molecule has 0 N–H and O–H groups in total. The van der Waals surface area contributed by atoms with Crippen LogP contribution in [0.1, 0.15) is 72.3 Å². The van der Waals surface area contributed by atoms with E-state index in [1.165, 1.54) is 6.92 Å². The molecule has 0 unspecified atom stereocenters. The van der Waals surface area contributed by atoms with Gasteiger partial charge in [-0.25, -0.2) is 0 Å². The van der Waals surface area contributed by atoms with Gasteiger partial charge in [0.2, 0.25) is 0 Å². The third-order valence-electron chi connectivity index (χ3n) is 10.8. The Morgan fingerprint density at radius 2 is 1.85 bits per heavy atom. The van der Waals surface area contributed by atoms with Crippen molar-refractivity contribution in [2.45, 2.75) is 84.5 Å². The summed E-state index contributed by atoms with van der Waals surface area (Å²) in [5.74, 6) is -0.341. The van der Waals surface area contributed by atoms with Crippen LogP contribution in [0.2, 0.25) is 0 Å². The van der Waals surface area contributed by atoms with Gasteiger partial charge in [-0.2, -0.15) is 0 Å². The van der Waals surface area contributed by atoms with Crippen molar-refractivity contribution < 1.29 is 28.3 Å². The summed E-state index contributed by atoms with van der Waals surface area (Å²) in [6.07, 6.45) is 8.60. The zero-order chi connectivity index (χ0) is 24.5. The zero-order valence-electron chi connectivity index (χ0n) is 20.8. The standard InChI is InChI=1S/C28H34O6/c1-15(29)33-17-13-27(6)18(25(4)10-8-19(30)24(2,3)22(17)25)7-11-26(5)20(16-9-12-32-14-16)21(31)23-28(26,27)34-23/h8-10,12,14,17-18,20,22-23H,7,11,13H2,1-6H3/t17-,18+,20+,22-,23+,25+,26-,27+,28+/m0/s1. The Hall–Kier alpha value is -2.21. The van der Waals surface area contributed by atoms with Crippen molar-refractivity contribution >= 4 is 17.5 Å². The van der Waals surface area contributed by atoms with E-state index >= 15 is 0 Å². The van der Waals surface area contributed by atoms with E-state index in [1.54, 1.807) is 18.6 Å². The average Bonchev–Trinajstić information content (AvgIpc) is 3.23. The van der Waals surface area contributed by atoms with E-state index in [0.717, 1.165) is 18.4 Å². The first-order valence-corrected chi connectivity index (χ1v) is 12.5. The highest BCUT2D eigenvalue weighted by Gasteiger charge is 2.88. The summed E-state index contributed by atoms with van der Waals surface area (Å²) in [5, 5.41) is 0. The molecule has 2 heterocycles. The van der Waals surface area contributed by atoms with Gasteiger partial charge in [-0.3, -0.25) is 14.4 Å². The Labute approximate surface area is 200 Å². The van der Waals surface area contributed by atoms with Crippen LogP contribution in [-0.2, 0) is 23.9 Å². The maximum Gasteiger partial charge on any atom is 0.302 e. The number of ketones is 2. The summed E-state index contributed by atoms with van der Waals surface area (Å²) in [5.41, 5.74) is -1.49. The highest BCUT2D eigenvalue weighted by Crippen LogP contribution is 2.81. The van der Waals surface area contributed by atoms with Crippen LogP contribution in [0.3, 0.4) is 0 Å². The summed E-state index contributed by atoms with van der Waals surface area (Å²) in [7, 11) is 0. The van der Waals surface area contributed by atoms with Gasteiger partial charge in [0, 0.05) is 34.7 Å². The Balaban J connectivity index is 1.52. The second-order valence-electron chi connectivity index (χ2n) is 12.7. The summed E-state index contributed by atoms with van der Waals surface area (Å²) in [6.45, 7) is 12.1. The summed E-state index contributed by atoms with van der Waals surface area (Å²) < 4.78 is 17.9. The van der Waals surface area contributed by atoms with Crippen molar-refractivity contribution in [3.05, 3.63) is 36.3 Å². The molecule has 1 aromatic rings. The molecule has 0 bridgehead atoms. The summed E-state index contributed by atoms with van der Waals surface area (Å²) in [6, 6.07) is 1.90. The van der Waals surface area contributed by atoms with Crippen molar-refractivity contribution in [2.75, 3.05) is 0 Å². The van der Waals surface area contributed by atoms with Crippen LogP contribution in [0.4, 0.5) is 0 Å². The molecule has 4 fully saturated rings. The Morgan fingerprint density at radius 1 is 1.12 bits per heavy atom. The minimum absolute atomic E-state index is 0.0751. The number of carbonyl (C=O) groups excluding carboxylic acids is 3. The molecule has 3 saturated carbocycles. The van der Waals surface area contributed by atoms with E-state index < -0.39 is 28.6 Å². The predicted octanol–water partition coefficient (Wildman–Crippen LogP) is 4.63. The SMILES string of the molecule is CC(=O)O[C@H]1C[C@]2(C)[C@H](CC[C@@]3(C)[C@H](c4ccoc4)C(=O)[C@H]4O[C@]432)[C@@]2(C)C=CC(=O)C(C)(C)[C@H]12. The molecule has 4 aliphatic carbocycles. The topological polar surface area (TPSA) is 86.1 Å². The fourth-order valence-electron chi connectivity index (χ4n) is 9.79. The van der Waals surface area contributed by atoms with Crippen molar-refractivity contribution in [2.24, 2.45) is 33.5 Å². The van der Waals surface area contributed by atoms with Gasteiger partial charge in [0.05, 0.1) is 18.4 Å². The second-order valence-corrected chi connectivity index (χ2v) is 12.7. The fraction of sp³-hybridized carbons (Fsp3) is 0.679. The number of hydrogen-bond acceptors (Lipinski definition) is 6. The first kappa shape index (κ1) is 22.3. The maximum absolute atomic E-state index is 13.7. The molecule has 1 aromatic heterocycles. The van der Waals surface area contributed by atoms with Crippen LogP contribution in [0.15, 0.2) is 35.2 Å². The van der Waals surface area contributed by atoms with Gasteiger partial charge >= 0.3 is 5.97 Å². The van der Waals surface area contributed by atoms with E-state index in [4.69, 9.17) is 13.9 Å². The zero-order valence-corrected chi connectivity index (χ0v) is 20.8. The number of fused-ring (bicyclic) bond motifs is 3. The molecule has 1 spiro atoms. The lowest BCUT2D eigenvalue weighted by atomic mass is 9.37. The van der Waals surface area contributed by atoms with E-state index in [0.29, 0.717) is 6.42 Å². The third kappa shape index (κ3) is 2.25. The van der Waals surface area contributed by atoms with Gasteiger partial charge in [0.25, 0.3) is 0 Å². The van der Waals surface area contributed by atoms with Crippen molar-refractivity contribution in [3.8, 4) is 0 Å². The number of carbonyl (C=O) groups is 3. The molecule has 6 rings (SSSR count). The summed E-state index contributed by atoms with van der Waals surface area (Å²) >= 11 is 0. The summed E-state index contributed by atoms with van der Waals surface area (Å²) in [4.78, 5) is 39.0. The molecule has 182 valence electrons. The van der Waals surface area contributed by atoms with Gasteiger partial charge in [-0.15, -0.1) is 0 Å². The quantitative estimate of drug-likeness (QED) is 0.467. The first-order chi connectivity index (χ1) is 15.8. The lowest BCUT2D eigenvalue weighted by Gasteiger charge is -2.67. The van der Waals surface area contributed by atoms with Crippen molar-refractivity contribution in [3.63, 3.8) is 0 Å². The maximum atomic E-state index is 13.7. The average molecular weight is 467 g/mol. The number of Topliss-reactive ketones (excluding diaryl/α,β-unsaturated/α-hetero) is 1. The largest absolute Gasteiger partial charge is 0.472 e. The molecule has 6 heteroatoms. The van der Waals surface area contributed by atoms with Crippen LogP contribution in [-0.4, -0.2) is 35.3 Å². The normalized spacial score (nSPS) is 50.1. The monoisotopic (exact) mass is 466 g/mol. The van der Waals surface area contributed by atoms with Crippen LogP contribution in [0, 0.1) is 33.5 Å². The van der Waals surface area contributed by atoms with Gasteiger partial charge in [0.1, 0.15) is 17.8 Å². The van der Waals surface area contributed by atoms with Crippen LogP contribution in [0.5, 0.6) is 0 Å². The lowest BCUT2D eigenvalue weighted by Crippen LogP contribution is -2.68. The van der Waals surface area contributed by atoms with Crippen molar-refractivity contribution in [1.82, 2.24) is 0 Å². The fourth-order valence-corrected chi connectivity index (χ4v) is 9.79. The molecule has 0 radical (unpaired) electrons. The Morgan fingerprint density at radius 3 is 2.50 bits per heavy atom. The molecule has 34 heavy (non-hydrogen) atoms. The number of epoxide rings is 1. The molecular weight excluding hydrogens is 432 g/mol. The number of furan rings is 1. The van der Waals surface area contributed by atoms with Crippen molar-refractivity contribution in [1.29, 1.82) is 0 Å². The number of allylic oxidation sites excluding steroid dienone is 2. The highest BCUT2D eigenvalue weighted by atomic mass is 16.6. The number of ether oxygens (including phenoxy) is 2. The van der Waals surface area contributed by atoms with Gasteiger partial charge in [-0.1, -0.05) is 40.7 Å². The third-order valence-corrected chi connectivity index (χ3v) is 10.8. The van der Waals surface area contributed by atoms with E-state index in [2.05, 4.69) is 26.8 Å². The van der Waals surface area contributed by atoms with E-state index in [9.17, 15) is 14.4 Å². The predicted molar refractivity (Wildman–Crippen MR) is 123 cm³/mol. The van der Waals surface area contributed by atoms with E-state index in [1.807, 2.05) is 19.9 Å². The van der Waals surface area contributed by atoms with Gasteiger partial charge in [-0.05, 0) is 42.7 Å². The number of hydrogen-bond donors (Lipinski definition) is 0. The molecule has 6 nitrogen and oxygen atoms in total. The molecule has 9 atom stereocenters. The lowest BCUT2D eigenvalue weighted by molar-refractivity contribution is -0.219. The molecule has 1 aliphatic heterocycles. The molecule has 0 aromatic carbocycles. The smallest absolute Gasteiger partial charge is 0.302 e. The van der Waals surface area contributed by atoms with Crippen LogP contribution >= 0.6 is 0 Å². The number of esters is 1. The van der Waals surface area contributed by atoms with Gasteiger partial charge in [0.15, 0.2) is 11.6 Å². The Bertz CT molecular complexity index is 1130. The minimum Gasteiger partial charge on any atom is -0.472 e. The highest BCUT2D eigenvalue weighted by molar-refractivity contribution is 5.98. The van der Waals surface area contributed by atoms with Crippen LogP contribution < -0.4 is 0 Å². The minimum atomic E-state index is -0.655. The van der Waals surface area contributed by atoms with Gasteiger partial charge < -0.3 is 13.9 Å². The molecule has 1 saturated heterocycles. The molecule has 0 amide bonds. The van der Waals surface area contributed by atoms with E-state index in [-0.39, 0.29) is 46.1 Å². The first-order valence-electron chi connectivity index (χ1n) is 12.5. The second kappa shape index (κ2) is 6.31. The Kier molecular flexibility index (Phi) is 4.13. The molecular formula is C28H34O6. The van der Waals surface area contributed by atoms with Crippen LogP contribution in [0.25, 0.3) is 0 Å². The molecule has 5 aliphatic rings.